The summed E-state index contributed by atoms with van der Waals surface area (Å²) in [5.74, 6) is -0.493. The number of unbranched alkanes of at least 4 members (excludes halogenated alkanes) is 10. The van der Waals surface area contributed by atoms with Gasteiger partial charge in [0.1, 0.15) is 19.3 Å². The first-order valence-corrected chi connectivity index (χ1v) is 14.9. The van der Waals surface area contributed by atoms with E-state index in [1.165, 1.54) is 71.1 Å². The van der Waals surface area contributed by atoms with E-state index in [1.807, 2.05) is 21.1 Å². The van der Waals surface area contributed by atoms with Gasteiger partial charge in [-0.2, -0.15) is 0 Å². The smallest absolute Gasteiger partial charge is 0.458 e. The van der Waals surface area contributed by atoms with Crippen molar-refractivity contribution in [3.8, 4) is 0 Å². The molecule has 1 N–H and O–H groups in total. The molecule has 0 saturated carbocycles. The molecule has 0 saturated heterocycles. The van der Waals surface area contributed by atoms with Gasteiger partial charge in [-0.15, -0.1) is 0 Å². The predicted molar refractivity (Wildman–Crippen MR) is 141 cm³/mol. The topological polar surface area (TPSA) is 91.3 Å². The van der Waals surface area contributed by atoms with E-state index in [2.05, 4.69) is 19.1 Å². The van der Waals surface area contributed by atoms with Gasteiger partial charge in [0, 0.05) is 13.5 Å². The first kappa shape index (κ1) is 34.2. The van der Waals surface area contributed by atoms with Crippen molar-refractivity contribution in [1.29, 1.82) is 0 Å². The molecule has 0 aliphatic heterocycles. The summed E-state index contributed by atoms with van der Waals surface area (Å²) in [5, 5.41) is 0. The molecular weight excluding hydrogens is 469 g/mol. The molecule has 208 valence electrons. The monoisotopic (exact) mass is 522 g/mol. The van der Waals surface area contributed by atoms with Gasteiger partial charge in [-0.1, -0.05) is 64.0 Å². The van der Waals surface area contributed by atoms with Gasteiger partial charge in [0.05, 0.1) is 34.4 Å². The Morgan fingerprint density at radius 3 is 2.00 bits per heavy atom. The zero-order valence-corrected chi connectivity index (χ0v) is 23.9. The molecule has 0 rings (SSSR count). The SMILES string of the molecule is CCCCCC/C=C/CCCCCCCCOCC(COP(=O)(O)OCC[N+](C)(C)C)OC(C)=O. The van der Waals surface area contributed by atoms with Crippen molar-refractivity contribution in [2.45, 2.75) is 97.0 Å². The third kappa shape index (κ3) is 26.1. The van der Waals surface area contributed by atoms with Gasteiger partial charge in [0.15, 0.2) is 0 Å². The third-order valence-electron chi connectivity index (χ3n) is 5.38. The molecule has 0 fully saturated rings. The lowest BCUT2D eigenvalue weighted by molar-refractivity contribution is -0.870. The minimum absolute atomic E-state index is 0.0852. The average Bonchev–Trinajstić information content (AvgIpc) is 2.75. The second-order valence-corrected chi connectivity index (χ2v) is 11.6. The van der Waals surface area contributed by atoms with Gasteiger partial charge in [0.2, 0.25) is 0 Å². The summed E-state index contributed by atoms with van der Waals surface area (Å²) in [6.07, 6.45) is 18.5. The van der Waals surface area contributed by atoms with E-state index in [1.54, 1.807) is 0 Å². The van der Waals surface area contributed by atoms with Crippen LogP contribution in [0.25, 0.3) is 0 Å². The highest BCUT2D eigenvalue weighted by atomic mass is 31.2. The van der Waals surface area contributed by atoms with Gasteiger partial charge in [0.25, 0.3) is 0 Å². The normalized spacial score (nSPS) is 14.8. The van der Waals surface area contributed by atoms with Crippen LogP contribution < -0.4 is 0 Å². The van der Waals surface area contributed by atoms with Crippen LogP contribution in [-0.2, 0) is 27.9 Å². The number of carbonyl (C=O) groups excluding carboxylic acids is 1. The van der Waals surface area contributed by atoms with E-state index < -0.39 is 19.9 Å². The van der Waals surface area contributed by atoms with Gasteiger partial charge in [-0.25, -0.2) is 4.57 Å². The van der Waals surface area contributed by atoms with Crippen molar-refractivity contribution in [3.05, 3.63) is 12.2 Å². The fourth-order valence-electron chi connectivity index (χ4n) is 3.31. The summed E-state index contributed by atoms with van der Waals surface area (Å²) in [6.45, 7) is 4.57. The molecular formula is C26H53NO7P+. The van der Waals surface area contributed by atoms with Gasteiger partial charge in [-0.05, 0) is 32.1 Å². The number of likely N-dealkylation sites (N-methyl/N-ethyl adjacent to an activating group) is 1. The second-order valence-electron chi connectivity index (χ2n) is 10.1. The zero-order valence-electron chi connectivity index (χ0n) is 23.0. The Kier molecular flexibility index (Phi) is 20.9. The van der Waals surface area contributed by atoms with Gasteiger partial charge in [-0.3, -0.25) is 13.8 Å². The molecule has 2 unspecified atom stereocenters. The van der Waals surface area contributed by atoms with E-state index in [0.29, 0.717) is 17.6 Å². The molecule has 8 nitrogen and oxygen atoms in total. The Morgan fingerprint density at radius 1 is 0.857 bits per heavy atom. The Morgan fingerprint density at radius 2 is 1.43 bits per heavy atom. The van der Waals surface area contributed by atoms with Crippen molar-refractivity contribution in [2.24, 2.45) is 0 Å². The maximum Gasteiger partial charge on any atom is 0.472 e. The van der Waals surface area contributed by atoms with Crippen molar-refractivity contribution in [2.75, 3.05) is 54.1 Å². The molecule has 0 bridgehead atoms. The van der Waals surface area contributed by atoms with Crippen molar-refractivity contribution in [1.82, 2.24) is 0 Å². The highest BCUT2D eigenvalue weighted by Crippen LogP contribution is 2.43. The average molecular weight is 523 g/mol. The fourth-order valence-corrected chi connectivity index (χ4v) is 4.05. The summed E-state index contributed by atoms with van der Waals surface area (Å²) in [4.78, 5) is 21.2. The molecule has 0 amide bonds. The van der Waals surface area contributed by atoms with Crippen LogP contribution in [0.15, 0.2) is 12.2 Å². The largest absolute Gasteiger partial charge is 0.472 e. The number of esters is 1. The maximum atomic E-state index is 12.0. The molecule has 2 atom stereocenters. The van der Waals surface area contributed by atoms with Gasteiger partial charge < -0.3 is 18.9 Å². The fraction of sp³-hybridized carbons (Fsp3) is 0.885. The summed E-state index contributed by atoms with van der Waals surface area (Å²) >= 11 is 0. The lowest BCUT2D eigenvalue weighted by Crippen LogP contribution is -2.37. The number of phosphoric ester groups is 1. The number of phosphoric acid groups is 1. The Hall–Kier alpha value is -0.760. The van der Waals surface area contributed by atoms with Crippen LogP contribution in [0.1, 0.15) is 90.9 Å². The lowest BCUT2D eigenvalue weighted by atomic mass is 10.1. The lowest BCUT2D eigenvalue weighted by Gasteiger charge is -2.24. The minimum Gasteiger partial charge on any atom is -0.458 e. The second kappa shape index (κ2) is 21.3. The van der Waals surface area contributed by atoms with E-state index >= 15 is 0 Å². The van der Waals surface area contributed by atoms with E-state index in [4.69, 9.17) is 18.5 Å². The number of hydrogen-bond donors (Lipinski definition) is 1. The standard InChI is InChI=1S/C26H52NO7P/c1-6-7-8-9-10-11-12-13-14-15-16-17-18-19-21-31-23-26(34-25(2)28)24-33-35(29,30)32-22-20-27(3,4)5/h11-12,26H,6-10,13-24H2,1-5H3/p+1/b12-11+. The van der Waals surface area contributed by atoms with Crippen molar-refractivity contribution >= 4 is 13.8 Å². The van der Waals surface area contributed by atoms with Crippen LogP contribution in [0.2, 0.25) is 0 Å². The molecule has 35 heavy (non-hydrogen) atoms. The molecule has 0 aromatic rings. The van der Waals surface area contributed by atoms with Crippen LogP contribution in [0, 0.1) is 0 Å². The summed E-state index contributed by atoms with van der Waals surface area (Å²) < 4.78 is 33.4. The van der Waals surface area contributed by atoms with E-state index in [9.17, 15) is 14.3 Å². The molecule has 0 spiro atoms. The Labute approximate surface area is 214 Å². The number of allylic oxidation sites excluding steroid dienone is 2. The van der Waals surface area contributed by atoms with Crippen LogP contribution in [0.3, 0.4) is 0 Å². The summed E-state index contributed by atoms with van der Waals surface area (Å²) in [6, 6.07) is 0. The van der Waals surface area contributed by atoms with E-state index in [0.717, 1.165) is 12.8 Å². The number of quaternary nitrogens is 1. The number of hydrogen-bond acceptors (Lipinski definition) is 6. The Balaban J connectivity index is 3.83. The third-order valence-corrected chi connectivity index (χ3v) is 6.36. The number of nitrogens with zero attached hydrogens (tertiary/aromatic N) is 1. The molecule has 0 aromatic heterocycles. The highest BCUT2D eigenvalue weighted by molar-refractivity contribution is 7.47. The van der Waals surface area contributed by atoms with Crippen molar-refractivity contribution in [3.63, 3.8) is 0 Å². The molecule has 0 radical (unpaired) electrons. The highest BCUT2D eigenvalue weighted by Gasteiger charge is 2.25. The van der Waals surface area contributed by atoms with Crippen molar-refractivity contribution < 1.29 is 37.3 Å². The molecule has 9 heteroatoms. The quantitative estimate of drug-likeness (QED) is 0.0544. The van der Waals surface area contributed by atoms with Crippen LogP contribution in [0.4, 0.5) is 0 Å². The molecule has 0 heterocycles. The molecule has 0 aliphatic carbocycles. The maximum absolute atomic E-state index is 12.0. The summed E-state index contributed by atoms with van der Waals surface area (Å²) in [5.41, 5.74) is 0. The van der Waals surface area contributed by atoms with Crippen LogP contribution in [0.5, 0.6) is 0 Å². The van der Waals surface area contributed by atoms with Crippen LogP contribution in [-0.4, -0.2) is 75.6 Å². The zero-order chi connectivity index (χ0) is 26.4. The first-order valence-electron chi connectivity index (χ1n) is 13.4. The molecule has 0 aromatic carbocycles. The van der Waals surface area contributed by atoms with E-state index in [-0.39, 0.29) is 19.8 Å². The molecule has 0 aliphatic rings. The first-order chi connectivity index (χ1) is 16.6. The number of carbonyl (C=O) groups is 1. The number of ether oxygens (including phenoxy) is 2. The summed E-state index contributed by atoms with van der Waals surface area (Å²) in [7, 11) is 1.65. The van der Waals surface area contributed by atoms with Gasteiger partial charge >= 0.3 is 13.8 Å². The minimum atomic E-state index is -4.21. The van der Waals surface area contributed by atoms with Crippen LogP contribution >= 0.6 is 7.82 Å². The Bertz CT molecular complexity index is 593. The predicted octanol–water partition coefficient (Wildman–Crippen LogP) is 6.03. The number of rotatable bonds is 24.